The van der Waals surface area contributed by atoms with Gasteiger partial charge < -0.3 is 0 Å². The molecule has 2 aromatic carbocycles. The third-order valence-corrected chi connectivity index (χ3v) is 4.16. The summed E-state index contributed by atoms with van der Waals surface area (Å²) in [4.78, 5) is 4.46. The SMILES string of the molecule is Clc1ccc(C=Nc2snc3ccccc23)cc1Cl. The van der Waals surface area contributed by atoms with Gasteiger partial charge in [-0.05, 0) is 41.4 Å². The van der Waals surface area contributed by atoms with Crippen molar-refractivity contribution in [1.29, 1.82) is 0 Å². The summed E-state index contributed by atoms with van der Waals surface area (Å²) in [6.07, 6.45) is 1.77. The van der Waals surface area contributed by atoms with E-state index in [0.717, 1.165) is 21.5 Å². The summed E-state index contributed by atoms with van der Waals surface area (Å²) in [6.45, 7) is 0. The van der Waals surface area contributed by atoms with E-state index < -0.39 is 0 Å². The topological polar surface area (TPSA) is 25.2 Å². The summed E-state index contributed by atoms with van der Waals surface area (Å²) in [5.41, 5.74) is 1.88. The van der Waals surface area contributed by atoms with Crippen LogP contribution in [0.5, 0.6) is 0 Å². The second-order valence-corrected chi connectivity index (χ2v) is 5.50. The van der Waals surface area contributed by atoms with E-state index in [0.29, 0.717) is 10.0 Å². The van der Waals surface area contributed by atoms with Crippen LogP contribution in [0, 0.1) is 0 Å². The Morgan fingerprint density at radius 1 is 1.05 bits per heavy atom. The molecule has 3 aromatic rings. The third kappa shape index (κ3) is 2.63. The van der Waals surface area contributed by atoms with E-state index in [1.165, 1.54) is 11.5 Å². The molecular weight excluding hydrogens is 299 g/mol. The molecule has 0 bridgehead atoms. The molecule has 1 heterocycles. The molecule has 0 saturated heterocycles. The lowest BCUT2D eigenvalue weighted by atomic mass is 10.2. The van der Waals surface area contributed by atoms with Gasteiger partial charge in [-0.25, -0.2) is 4.99 Å². The Kier molecular flexibility index (Phi) is 3.51. The summed E-state index contributed by atoms with van der Waals surface area (Å²) in [7, 11) is 0. The van der Waals surface area contributed by atoms with Gasteiger partial charge in [0, 0.05) is 11.6 Å². The fourth-order valence-corrected chi connectivity index (χ4v) is 2.72. The van der Waals surface area contributed by atoms with Crippen LogP contribution in [0.25, 0.3) is 10.9 Å². The first kappa shape index (κ1) is 12.6. The van der Waals surface area contributed by atoms with Crippen LogP contribution >= 0.6 is 34.7 Å². The van der Waals surface area contributed by atoms with Crippen molar-refractivity contribution in [2.24, 2.45) is 4.99 Å². The molecule has 94 valence electrons. The van der Waals surface area contributed by atoms with E-state index in [2.05, 4.69) is 9.37 Å². The number of hydrogen-bond acceptors (Lipinski definition) is 3. The molecule has 0 atom stereocenters. The molecule has 5 heteroatoms. The second kappa shape index (κ2) is 5.29. The molecule has 0 unspecified atom stereocenters. The van der Waals surface area contributed by atoms with E-state index in [4.69, 9.17) is 23.2 Å². The van der Waals surface area contributed by atoms with E-state index in [9.17, 15) is 0 Å². The number of hydrogen-bond donors (Lipinski definition) is 0. The minimum Gasteiger partial charge on any atom is -0.243 e. The van der Waals surface area contributed by atoms with Crippen molar-refractivity contribution < 1.29 is 0 Å². The number of rotatable bonds is 2. The van der Waals surface area contributed by atoms with Crippen molar-refractivity contribution in [3.63, 3.8) is 0 Å². The van der Waals surface area contributed by atoms with E-state index in [-0.39, 0.29) is 0 Å². The van der Waals surface area contributed by atoms with Crippen LogP contribution in [0.15, 0.2) is 47.5 Å². The highest BCUT2D eigenvalue weighted by atomic mass is 35.5. The molecule has 0 saturated carbocycles. The van der Waals surface area contributed by atoms with Crippen molar-refractivity contribution in [3.05, 3.63) is 58.1 Å². The molecule has 3 rings (SSSR count). The van der Waals surface area contributed by atoms with Crippen LogP contribution in [0.4, 0.5) is 5.00 Å². The van der Waals surface area contributed by atoms with Gasteiger partial charge in [0.1, 0.15) is 5.00 Å². The lowest BCUT2D eigenvalue weighted by Gasteiger charge is -1.96. The molecule has 0 aliphatic carbocycles. The summed E-state index contributed by atoms with van der Waals surface area (Å²) in [5.74, 6) is 0. The zero-order valence-electron chi connectivity index (χ0n) is 9.68. The van der Waals surface area contributed by atoms with Gasteiger partial charge in [0.25, 0.3) is 0 Å². The van der Waals surface area contributed by atoms with Gasteiger partial charge in [0.15, 0.2) is 0 Å². The highest BCUT2D eigenvalue weighted by Crippen LogP contribution is 2.30. The predicted molar refractivity (Wildman–Crippen MR) is 83.3 cm³/mol. The first-order chi connectivity index (χ1) is 9.24. The summed E-state index contributed by atoms with van der Waals surface area (Å²) >= 11 is 13.2. The zero-order chi connectivity index (χ0) is 13.2. The quantitative estimate of drug-likeness (QED) is 0.586. The monoisotopic (exact) mass is 306 g/mol. The van der Waals surface area contributed by atoms with Gasteiger partial charge in [-0.3, -0.25) is 0 Å². The van der Waals surface area contributed by atoms with E-state index in [1.807, 2.05) is 30.3 Å². The van der Waals surface area contributed by atoms with Gasteiger partial charge in [-0.2, -0.15) is 4.37 Å². The van der Waals surface area contributed by atoms with Crippen molar-refractivity contribution in [1.82, 2.24) is 4.37 Å². The molecule has 0 radical (unpaired) electrons. The maximum Gasteiger partial charge on any atom is 0.143 e. The first-order valence-corrected chi connectivity index (χ1v) is 7.10. The molecule has 0 N–H and O–H groups in total. The van der Waals surface area contributed by atoms with Crippen LogP contribution < -0.4 is 0 Å². The summed E-state index contributed by atoms with van der Waals surface area (Å²) in [6, 6.07) is 13.4. The Morgan fingerprint density at radius 2 is 1.89 bits per heavy atom. The minimum absolute atomic E-state index is 0.528. The molecule has 2 nitrogen and oxygen atoms in total. The number of aromatic nitrogens is 1. The van der Waals surface area contributed by atoms with Crippen molar-refractivity contribution in [2.45, 2.75) is 0 Å². The predicted octanol–water partition coefficient (Wildman–Crippen LogP) is 5.35. The van der Waals surface area contributed by atoms with Crippen molar-refractivity contribution in [2.75, 3.05) is 0 Å². The number of benzene rings is 2. The Hall–Kier alpha value is -1.42. The normalized spacial score (nSPS) is 11.5. The third-order valence-electron chi connectivity index (χ3n) is 2.64. The van der Waals surface area contributed by atoms with Gasteiger partial charge in [-0.15, -0.1) is 0 Å². The Morgan fingerprint density at radius 3 is 2.74 bits per heavy atom. The molecule has 0 fully saturated rings. The Bertz CT molecular complexity index is 765. The zero-order valence-corrected chi connectivity index (χ0v) is 12.0. The van der Waals surface area contributed by atoms with Gasteiger partial charge in [-0.1, -0.05) is 41.4 Å². The average Bonchev–Trinajstić information content (AvgIpc) is 2.83. The number of aliphatic imine (C=N–C) groups is 1. The summed E-state index contributed by atoms with van der Waals surface area (Å²) < 4.78 is 4.34. The average molecular weight is 307 g/mol. The summed E-state index contributed by atoms with van der Waals surface area (Å²) in [5, 5.41) is 3.02. The largest absolute Gasteiger partial charge is 0.243 e. The number of nitrogens with zero attached hydrogens (tertiary/aromatic N) is 2. The van der Waals surface area contributed by atoms with Crippen LogP contribution in [-0.4, -0.2) is 10.6 Å². The second-order valence-electron chi connectivity index (χ2n) is 3.94. The maximum absolute atomic E-state index is 5.97. The fraction of sp³-hybridized carbons (Fsp3) is 0. The van der Waals surface area contributed by atoms with Crippen LogP contribution in [0.1, 0.15) is 5.56 Å². The van der Waals surface area contributed by atoms with Crippen LogP contribution in [0.3, 0.4) is 0 Å². The van der Waals surface area contributed by atoms with Crippen molar-refractivity contribution in [3.8, 4) is 0 Å². The first-order valence-electron chi connectivity index (χ1n) is 5.57. The maximum atomic E-state index is 5.97. The van der Waals surface area contributed by atoms with Gasteiger partial charge >= 0.3 is 0 Å². The lowest BCUT2D eigenvalue weighted by Crippen LogP contribution is -1.80. The molecule has 0 spiro atoms. The van der Waals surface area contributed by atoms with Crippen LogP contribution in [0.2, 0.25) is 10.0 Å². The van der Waals surface area contributed by atoms with Gasteiger partial charge in [0.05, 0.1) is 15.6 Å². The highest BCUT2D eigenvalue weighted by molar-refractivity contribution is 7.11. The molecule has 0 aliphatic heterocycles. The fourth-order valence-electron chi connectivity index (χ4n) is 1.69. The highest BCUT2D eigenvalue weighted by Gasteiger charge is 2.03. The lowest BCUT2D eigenvalue weighted by molar-refractivity contribution is 1.62. The molecule has 1 aromatic heterocycles. The molecule has 19 heavy (non-hydrogen) atoms. The number of halogens is 2. The standard InChI is InChI=1S/C14H8Cl2N2S/c15-11-6-5-9(7-12(11)16)8-17-14-10-3-1-2-4-13(10)18-19-14/h1-8H. The number of fused-ring (bicyclic) bond motifs is 1. The Balaban J connectivity index is 1.96. The molecule has 0 amide bonds. The van der Waals surface area contributed by atoms with Crippen molar-refractivity contribution >= 4 is 56.9 Å². The molecular formula is C14H8Cl2N2S. The smallest absolute Gasteiger partial charge is 0.143 e. The van der Waals surface area contributed by atoms with E-state index in [1.54, 1.807) is 18.3 Å². The van der Waals surface area contributed by atoms with Crippen LogP contribution in [-0.2, 0) is 0 Å². The van der Waals surface area contributed by atoms with E-state index >= 15 is 0 Å². The van der Waals surface area contributed by atoms with Gasteiger partial charge in [0.2, 0.25) is 0 Å². The minimum atomic E-state index is 0.528. The molecule has 0 aliphatic rings. The Labute approximate surface area is 124 Å².